The Bertz CT molecular complexity index is 6240. The molecule has 19 rings (SSSR count). The number of ether oxygens (including phenoxy) is 6. The predicted octanol–water partition coefficient (Wildman–Crippen LogP) is 9.49. The summed E-state index contributed by atoms with van der Waals surface area (Å²) in [5, 5.41) is -13.2. The first-order valence-electron chi connectivity index (χ1n) is 39.8. The Morgan fingerprint density at radius 2 is 0.722 bits per heavy atom. The van der Waals surface area contributed by atoms with Gasteiger partial charge in [0, 0.05) is 6.20 Å². The minimum atomic E-state index is -4.01. The summed E-state index contributed by atoms with van der Waals surface area (Å²) in [6.45, 7) is 17.3. The van der Waals surface area contributed by atoms with Crippen molar-refractivity contribution in [3.63, 3.8) is 0 Å². The molecule has 10 fully saturated rings. The van der Waals surface area contributed by atoms with Crippen LogP contribution in [-0.2, 0) is 114 Å². The molecule has 0 amide bonds. The van der Waals surface area contributed by atoms with E-state index in [9.17, 15) is 32.4 Å². The summed E-state index contributed by atoms with van der Waals surface area (Å²) in [7, 11) is -19.9. The maximum atomic E-state index is 15.7. The van der Waals surface area contributed by atoms with Crippen LogP contribution in [0.15, 0.2) is 53.5 Å². The lowest BCUT2D eigenvalue weighted by molar-refractivity contribution is -0.0749. The first-order valence-corrected chi connectivity index (χ1v) is 49.0. The molecule has 10 aliphatic rings. The van der Waals surface area contributed by atoms with Gasteiger partial charge in [-0.2, -0.15) is 29.9 Å². The van der Waals surface area contributed by atoms with Crippen molar-refractivity contribution in [1.29, 1.82) is 0 Å². The van der Waals surface area contributed by atoms with Crippen LogP contribution in [0.2, 0.25) is 0 Å². The molecule has 0 radical (unpaired) electrons. The van der Waals surface area contributed by atoms with E-state index in [2.05, 4.69) is 64.8 Å². The standard InChI is InChI=1S/C15H20ClFN5O6P.C13H17ClFN6O5P.C13H16ClFN5O6P.C13H16ClFN5O5P.C12H16ClFN3O6P/c1-4-24-12-9-11(20-14(18)21-12)22(6-19-9)13-15(16,17)10-8(26-13)5-25-29(23,28-10)27-7(2)3;1-5(2)25-27(22)23-3-6-8(26-27)13(14,15)11(24-6)21-4-18-7-9(16)19-12(17)20-10(7)21;1-5(2)25-27(22)23-3-6-8(26-27)13(14,15)11(24-6)20-4-17-7-9(20)18-12(16)19-10(7)21;1-6(2)24-26(21)22-3-7-9(25-26)13(14,15)12(23-7)20-5-19-8-10(16)17-4-18-11(8)20;1-6(2)22-24(19)20-5-7-9(23-24)12(13,14)10(21-7)17-4-3-8(15)16-11(17)18/h6-8,10,13H,4-5H2,1-3H3,(H2,18,20,21);4-6,8,11H,3H2,1-2H3,(H4,16,17,19,20);4-6,8,11H,3H2,1-2H3,(H3,16,18,19,21);4-7,9,12H,3H2,1-2H3,(H2,16,17,18);3-4,6-7,9-10H,5H2,1-2H3,(H2,15,16,18)/t8-,10-,13-,15-,29?;2*6-,8-,11-,13-,27?;7-,9-,12-,13-,26?;7-,9-,10-,12+,24?/m11111/s1. The van der Waals surface area contributed by atoms with Gasteiger partial charge in [0.1, 0.15) is 53.7 Å². The molecule has 732 valence electrons. The summed E-state index contributed by atoms with van der Waals surface area (Å²) < 4.78 is 257. The quantitative estimate of drug-likeness (QED) is 0.0253. The number of nitrogen functional groups attached to an aromatic ring is 6. The van der Waals surface area contributed by atoms with Gasteiger partial charge < -0.3 is 62.8 Å². The maximum Gasteiger partial charge on any atom is 0.475 e. The number of nitrogens with two attached hydrogens (primary N) is 6. The van der Waals surface area contributed by atoms with Crippen LogP contribution in [0.5, 0.6) is 5.88 Å². The summed E-state index contributed by atoms with van der Waals surface area (Å²) in [5.74, 6) is -0.106. The molecule has 19 heterocycles. The van der Waals surface area contributed by atoms with Gasteiger partial charge in [0.05, 0.1) is 95.5 Å². The third-order valence-electron chi connectivity index (χ3n) is 19.8. The highest BCUT2D eigenvalue weighted by atomic mass is 35.5. The number of aromatic amines is 1. The summed E-state index contributed by atoms with van der Waals surface area (Å²) in [5.41, 5.74) is 33.6. The van der Waals surface area contributed by atoms with Gasteiger partial charge in [0.15, 0.2) is 107 Å². The SMILES string of the molecule is CC(C)OP1(=O)OC[C@H]2O[C@@H](n3ccc(N)nc3=O)[C@](F)(Cl)[C@@H]2O1.CC(C)OP1(=O)OC[C@H]2O[C@@H](n3cnc4c(=O)[nH]c(N)nc43)[C@@](F)(Cl)[C@@H]2O1.CC(C)OP1(=O)OC[C@H]2O[C@@H](n3cnc4c(N)nc(N)nc43)[C@@](F)(Cl)[C@@H]2O1.CC(C)OP1(=O)OC[C@H]2O[C@@H](n3cnc4c(N)ncnc43)[C@@](F)(Cl)[C@@H]2O1.CCOc1nc(N)nc2c1ncn2[C@@H]1O[C@@H]2COP(=O)(OC(C)C)O[C@H]2[C@]1(F)Cl. The molecule has 0 aliphatic carbocycles. The minimum Gasteiger partial charge on any atom is -0.476 e. The number of hydrogen-bond acceptors (Lipinski definition) is 46. The number of aromatic nitrogens is 18. The summed E-state index contributed by atoms with van der Waals surface area (Å²) in [4.78, 5) is 73.6. The van der Waals surface area contributed by atoms with E-state index in [1.54, 1.807) is 76.2 Å². The largest absolute Gasteiger partial charge is 0.476 e. The Hall–Kier alpha value is -7.07. The predicted molar refractivity (Wildman–Crippen MR) is 452 cm³/mol. The van der Waals surface area contributed by atoms with E-state index in [0.717, 1.165) is 15.5 Å². The van der Waals surface area contributed by atoms with Crippen LogP contribution in [0.25, 0.3) is 44.7 Å². The smallest absolute Gasteiger partial charge is 0.475 e. The number of anilines is 6. The lowest BCUT2D eigenvalue weighted by Crippen LogP contribution is -2.44. The molecular weight excluding hydrogens is 2000 g/mol. The van der Waals surface area contributed by atoms with Crippen molar-refractivity contribution < 1.29 is 141 Å². The normalized spacial score (nSPS) is 36.7. The number of nitrogens with one attached hydrogen (secondary N) is 1. The van der Waals surface area contributed by atoms with Gasteiger partial charge in [-0.3, -0.25) is 100 Å². The van der Waals surface area contributed by atoms with E-state index in [-0.39, 0.29) is 119 Å². The van der Waals surface area contributed by atoms with Crippen molar-refractivity contribution in [3.8, 4) is 5.88 Å². The zero-order chi connectivity index (χ0) is 96.5. The van der Waals surface area contributed by atoms with E-state index in [1.165, 1.54) is 51.3 Å². The van der Waals surface area contributed by atoms with Crippen molar-refractivity contribution in [1.82, 2.24) is 87.6 Å². The molecule has 67 heteroatoms. The second-order valence-corrected chi connectivity index (χ2v) is 42.2. The van der Waals surface area contributed by atoms with E-state index < -0.39 is 199 Å². The topological polar surface area (TPSA) is 665 Å². The second kappa shape index (κ2) is 37.6. The zero-order valence-electron chi connectivity index (χ0n) is 70.8. The zero-order valence-corrected chi connectivity index (χ0v) is 79.1. The number of nitrogens with zero attached hydrogens (tertiary/aromatic N) is 17. The van der Waals surface area contributed by atoms with Gasteiger partial charge in [0.25, 0.3) is 31.2 Å². The third-order valence-corrected chi connectivity index (χ3v) is 29.9. The van der Waals surface area contributed by atoms with Crippen molar-refractivity contribution >= 4 is 177 Å². The number of halogens is 10. The van der Waals surface area contributed by atoms with Gasteiger partial charge in [-0.1, -0.05) is 58.0 Å². The van der Waals surface area contributed by atoms with Crippen LogP contribution in [0.1, 0.15) is 107 Å². The van der Waals surface area contributed by atoms with Crippen LogP contribution < -0.4 is 50.4 Å². The van der Waals surface area contributed by atoms with Crippen LogP contribution >= 0.6 is 97.1 Å². The molecule has 5 unspecified atom stereocenters. The number of alkyl halides is 10. The summed E-state index contributed by atoms with van der Waals surface area (Å²) in [6, 6.07) is 1.30. The van der Waals surface area contributed by atoms with Crippen LogP contribution in [0.3, 0.4) is 0 Å². The number of hydrogen-bond donors (Lipinski definition) is 7. The Labute approximate surface area is 770 Å². The van der Waals surface area contributed by atoms with Crippen molar-refractivity contribution in [2.75, 3.05) is 74.0 Å². The van der Waals surface area contributed by atoms with E-state index in [4.69, 9.17) is 189 Å². The van der Waals surface area contributed by atoms with E-state index in [0.29, 0.717) is 6.61 Å². The summed E-state index contributed by atoms with van der Waals surface area (Å²) in [6.07, 6.45) is -13.9. The van der Waals surface area contributed by atoms with E-state index >= 15 is 22.0 Å². The van der Waals surface area contributed by atoms with Crippen LogP contribution in [0.4, 0.5) is 57.3 Å². The first kappa shape index (κ1) is 100. The highest BCUT2D eigenvalue weighted by molar-refractivity contribution is 7.49. The average Bonchev–Trinajstić information content (AvgIpc) is 1.58. The molecule has 0 bridgehead atoms. The van der Waals surface area contributed by atoms with Crippen molar-refractivity contribution in [2.45, 2.75) is 224 Å². The summed E-state index contributed by atoms with van der Waals surface area (Å²) >= 11 is 30.5. The molecule has 0 saturated carbocycles. The fourth-order valence-corrected chi connectivity index (χ4v) is 24.5. The van der Waals surface area contributed by atoms with Gasteiger partial charge in [-0.15, -0.1) is 0 Å². The molecule has 9 aromatic rings. The van der Waals surface area contributed by atoms with Gasteiger partial charge in [-0.25, -0.2) is 79.5 Å². The Morgan fingerprint density at radius 3 is 1.07 bits per heavy atom. The van der Waals surface area contributed by atoms with Crippen LogP contribution in [-0.4, -0.2) is 244 Å². The molecule has 10 aliphatic heterocycles. The fraction of sp³-hybridized carbons (Fsp3) is 0.636. The molecule has 0 spiro atoms. The lowest BCUT2D eigenvalue weighted by Gasteiger charge is -2.33. The van der Waals surface area contributed by atoms with Gasteiger partial charge >= 0.3 is 44.8 Å². The second-order valence-electron chi connectivity index (χ2n) is 31.5. The molecule has 133 heavy (non-hydrogen) atoms. The average molecular weight is 2090 g/mol. The Kier molecular flexibility index (Phi) is 28.4. The Balaban J connectivity index is 0.000000127. The molecule has 52 nitrogen and oxygen atoms in total. The van der Waals surface area contributed by atoms with E-state index in [1.807, 2.05) is 0 Å². The molecule has 10 saturated heterocycles. The third kappa shape index (κ3) is 20.0. The lowest BCUT2D eigenvalue weighted by atomic mass is 10.1. The van der Waals surface area contributed by atoms with Gasteiger partial charge in [0.2, 0.25) is 23.7 Å². The van der Waals surface area contributed by atoms with Crippen molar-refractivity contribution in [3.05, 3.63) is 64.7 Å². The van der Waals surface area contributed by atoms with Gasteiger partial charge in [-0.05, 0) is 82.2 Å². The molecule has 0 aromatic carbocycles. The fourth-order valence-electron chi connectivity index (χ4n) is 14.6. The van der Waals surface area contributed by atoms with Crippen molar-refractivity contribution in [2.24, 2.45) is 0 Å². The Morgan fingerprint density at radius 1 is 0.414 bits per heavy atom. The monoisotopic (exact) mass is 2090 g/mol. The first-order chi connectivity index (χ1) is 62.2. The van der Waals surface area contributed by atoms with Crippen LogP contribution in [0, 0.1) is 0 Å². The number of imidazole rings is 4. The number of rotatable bonds is 17. The number of phosphoric acid groups is 5. The molecule has 13 N–H and O–H groups in total. The highest BCUT2D eigenvalue weighted by Gasteiger charge is 2.69. The minimum absolute atomic E-state index is 0.0231. The number of H-pyrrole nitrogens is 1. The molecule has 25 atom stereocenters. The molecular formula is C66H85Cl5F5N24O28P5. The maximum absolute atomic E-state index is 15.7. The highest BCUT2D eigenvalue weighted by Crippen LogP contribution is 2.67. The number of fused-ring (bicyclic) bond motifs is 9. The number of phosphoric ester groups is 5. The molecule has 9 aromatic heterocycles.